The summed E-state index contributed by atoms with van der Waals surface area (Å²) in [7, 11) is 0. The molecule has 0 radical (unpaired) electrons. The number of nitrogens with one attached hydrogen (secondary N) is 3. The predicted octanol–water partition coefficient (Wildman–Crippen LogP) is 7.26. The first-order valence-electron chi connectivity index (χ1n) is 17.6. The van der Waals surface area contributed by atoms with E-state index < -0.39 is 0 Å². The minimum atomic E-state index is 0.00113. The van der Waals surface area contributed by atoms with Gasteiger partial charge in [-0.1, -0.05) is 72.5 Å². The van der Waals surface area contributed by atoms with E-state index in [1.54, 1.807) is 5.57 Å². The first-order valence-corrected chi connectivity index (χ1v) is 17.6. The van der Waals surface area contributed by atoms with E-state index in [1.807, 2.05) is 6.92 Å². The quantitative estimate of drug-likeness (QED) is 0.152. The Morgan fingerprint density at radius 3 is 2.51 bits per heavy atom. The van der Waals surface area contributed by atoms with Crippen molar-refractivity contribution in [2.75, 3.05) is 19.6 Å². The number of carbonyl (C=O) groups is 2. The second kappa shape index (κ2) is 14.9. The summed E-state index contributed by atoms with van der Waals surface area (Å²) in [6, 6.07) is 0.570. The monoisotopic (exact) mass is 569 g/mol. The molecular weight excluding hydrogens is 506 g/mol. The Balaban J connectivity index is 1.23. The molecule has 4 aliphatic rings. The second-order valence-electron chi connectivity index (χ2n) is 15.2. The summed E-state index contributed by atoms with van der Waals surface area (Å²) in [6.07, 6.45) is 18.4. The molecule has 5 heteroatoms. The van der Waals surface area contributed by atoms with Gasteiger partial charge in [0.25, 0.3) is 0 Å². The minimum Gasteiger partial charge on any atom is -0.356 e. The minimum absolute atomic E-state index is 0.00113. The van der Waals surface area contributed by atoms with Gasteiger partial charge in [0.15, 0.2) is 0 Å². The molecule has 0 aromatic rings. The van der Waals surface area contributed by atoms with Crippen LogP contribution >= 0.6 is 0 Å². The van der Waals surface area contributed by atoms with Gasteiger partial charge in [0.1, 0.15) is 0 Å². The maximum absolute atomic E-state index is 12.0. The van der Waals surface area contributed by atoms with Gasteiger partial charge in [-0.15, -0.1) is 0 Å². The Kier molecular flexibility index (Phi) is 11.8. The molecule has 3 saturated carbocycles. The van der Waals surface area contributed by atoms with Crippen LogP contribution in [0.15, 0.2) is 11.6 Å². The van der Waals surface area contributed by atoms with Crippen molar-refractivity contribution in [1.82, 2.24) is 16.0 Å². The number of allylic oxidation sites excluding steroid dienone is 1. The molecule has 0 aromatic heterocycles. The molecule has 234 valence electrons. The SMILES string of the molecule is CCC(=O)NCCC(=O)NCCCN[C@@H]1CC2=CC[C@H]3C(CCC4(C)C([C@H](C)CCCC(C)C)CC[C@@H]34)C2C(C)C1. The number of hydrogen-bond acceptors (Lipinski definition) is 3. The highest BCUT2D eigenvalue weighted by molar-refractivity contribution is 5.78. The van der Waals surface area contributed by atoms with Crippen molar-refractivity contribution in [2.24, 2.45) is 52.8 Å². The van der Waals surface area contributed by atoms with Gasteiger partial charge in [-0.2, -0.15) is 0 Å². The molecule has 0 bridgehead atoms. The van der Waals surface area contributed by atoms with E-state index in [2.05, 4.69) is 56.6 Å². The number of rotatable bonds is 14. The van der Waals surface area contributed by atoms with Crippen LogP contribution in [0.3, 0.4) is 0 Å². The summed E-state index contributed by atoms with van der Waals surface area (Å²) in [6.45, 7) is 16.5. The van der Waals surface area contributed by atoms with E-state index in [0.29, 0.717) is 37.4 Å². The van der Waals surface area contributed by atoms with Crippen molar-refractivity contribution in [1.29, 1.82) is 0 Å². The molecule has 4 aliphatic carbocycles. The maximum atomic E-state index is 12.0. The van der Waals surface area contributed by atoms with E-state index in [-0.39, 0.29) is 11.8 Å². The molecule has 3 N–H and O–H groups in total. The Morgan fingerprint density at radius 2 is 1.76 bits per heavy atom. The van der Waals surface area contributed by atoms with Crippen molar-refractivity contribution in [3.8, 4) is 0 Å². The molecule has 0 spiro atoms. The zero-order valence-electron chi connectivity index (χ0n) is 27.4. The zero-order chi connectivity index (χ0) is 29.6. The molecule has 4 rings (SSSR count). The van der Waals surface area contributed by atoms with Crippen LogP contribution in [0.4, 0.5) is 0 Å². The van der Waals surface area contributed by atoms with Gasteiger partial charge in [-0.3, -0.25) is 9.59 Å². The fraction of sp³-hybridized carbons (Fsp3) is 0.889. The van der Waals surface area contributed by atoms with Gasteiger partial charge >= 0.3 is 0 Å². The third kappa shape index (κ3) is 7.98. The molecule has 5 unspecified atom stereocenters. The number of fused-ring (bicyclic) bond motifs is 5. The van der Waals surface area contributed by atoms with Crippen LogP contribution in [-0.4, -0.2) is 37.5 Å². The van der Waals surface area contributed by atoms with Crippen LogP contribution in [0.2, 0.25) is 0 Å². The largest absolute Gasteiger partial charge is 0.356 e. The highest BCUT2D eigenvalue weighted by atomic mass is 16.2. The Bertz CT molecular complexity index is 899. The van der Waals surface area contributed by atoms with E-state index >= 15 is 0 Å². The van der Waals surface area contributed by atoms with Crippen molar-refractivity contribution >= 4 is 11.8 Å². The third-order valence-corrected chi connectivity index (χ3v) is 12.1. The highest BCUT2D eigenvalue weighted by Crippen LogP contribution is 2.65. The molecular formula is C36H63N3O2. The first-order chi connectivity index (χ1) is 19.6. The molecule has 41 heavy (non-hydrogen) atoms. The lowest BCUT2D eigenvalue weighted by Gasteiger charge is -2.56. The first kappa shape index (κ1) is 32.6. The number of carbonyl (C=O) groups excluding carboxylic acids is 2. The fourth-order valence-electron chi connectivity index (χ4n) is 10.1. The molecule has 0 aromatic carbocycles. The van der Waals surface area contributed by atoms with Crippen LogP contribution in [0.25, 0.3) is 0 Å². The van der Waals surface area contributed by atoms with Crippen molar-refractivity contribution in [2.45, 2.75) is 131 Å². The van der Waals surface area contributed by atoms with Gasteiger partial charge in [0.2, 0.25) is 11.8 Å². The molecule has 0 aliphatic heterocycles. The van der Waals surface area contributed by atoms with Gasteiger partial charge in [0.05, 0.1) is 0 Å². The van der Waals surface area contributed by atoms with Crippen molar-refractivity contribution in [3.63, 3.8) is 0 Å². The van der Waals surface area contributed by atoms with E-state index in [9.17, 15) is 9.59 Å². The van der Waals surface area contributed by atoms with Gasteiger partial charge in [-0.25, -0.2) is 0 Å². The fourth-order valence-corrected chi connectivity index (χ4v) is 10.1. The average Bonchev–Trinajstić information content (AvgIpc) is 3.29. The van der Waals surface area contributed by atoms with E-state index in [1.165, 1.54) is 64.2 Å². The standard InChI is InChI=1S/C36H63N3O2/c1-7-33(40)39-21-17-34(41)38-20-9-19-37-28-22-26(5)35-27(23-28)12-13-29-30(35)16-18-36(6)31(14-15-32(29)36)25(4)11-8-10-24(2)3/h12,24-26,28-32,35,37H,7-11,13-23H2,1-6H3,(H,38,41)(H,39,40)/t25-,26?,28+,29+,30?,31?,32+,35?,36?/m1/s1. The smallest absolute Gasteiger partial charge is 0.221 e. The Hall–Kier alpha value is -1.36. The van der Waals surface area contributed by atoms with Gasteiger partial charge in [-0.05, 0) is 111 Å². The lowest BCUT2D eigenvalue weighted by molar-refractivity contribution is -0.122. The Labute approximate surface area is 252 Å². The molecule has 5 nitrogen and oxygen atoms in total. The zero-order valence-corrected chi connectivity index (χ0v) is 27.4. The van der Waals surface area contributed by atoms with Crippen molar-refractivity contribution < 1.29 is 9.59 Å². The van der Waals surface area contributed by atoms with Crippen LogP contribution in [0.5, 0.6) is 0 Å². The summed E-state index contributed by atoms with van der Waals surface area (Å²) in [5.74, 6) is 7.03. The topological polar surface area (TPSA) is 70.2 Å². The second-order valence-corrected chi connectivity index (χ2v) is 15.2. The number of hydrogen-bond donors (Lipinski definition) is 3. The van der Waals surface area contributed by atoms with Gasteiger partial charge in [0, 0.05) is 32.0 Å². The van der Waals surface area contributed by atoms with Crippen LogP contribution in [-0.2, 0) is 9.59 Å². The normalized spacial score (nSPS) is 35.2. The van der Waals surface area contributed by atoms with Crippen LogP contribution in [0.1, 0.15) is 125 Å². The highest BCUT2D eigenvalue weighted by Gasteiger charge is 2.57. The predicted molar refractivity (Wildman–Crippen MR) is 170 cm³/mol. The Morgan fingerprint density at radius 1 is 0.976 bits per heavy atom. The van der Waals surface area contributed by atoms with Crippen LogP contribution < -0.4 is 16.0 Å². The lowest BCUT2D eigenvalue weighted by atomic mass is 9.49. The lowest BCUT2D eigenvalue weighted by Crippen LogP contribution is -2.49. The number of amides is 2. The van der Waals surface area contributed by atoms with Crippen molar-refractivity contribution in [3.05, 3.63) is 11.6 Å². The average molecular weight is 570 g/mol. The van der Waals surface area contributed by atoms with Gasteiger partial charge < -0.3 is 16.0 Å². The summed E-state index contributed by atoms with van der Waals surface area (Å²) < 4.78 is 0. The van der Waals surface area contributed by atoms with E-state index in [0.717, 1.165) is 60.3 Å². The summed E-state index contributed by atoms with van der Waals surface area (Å²) in [4.78, 5) is 23.3. The summed E-state index contributed by atoms with van der Waals surface area (Å²) in [5, 5.41) is 9.60. The summed E-state index contributed by atoms with van der Waals surface area (Å²) >= 11 is 0. The van der Waals surface area contributed by atoms with Crippen LogP contribution in [0, 0.1) is 52.8 Å². The molecule has 0 heterocycles. The molecule has 9 atom stereocenters. The summed E-state index contributed by atoms with van der Waals surface area (Å²) in [5.41, 5.74) is 2.34. The third-order valence-electron chi connectivity index (χ3n) is 12.1. The molecule has 0 saturated heterocycles. The maximum Gasteiger partial charge on any atom is 0.221 e. The van der Waals surface area contributed by atoms with E-state index in [4.69, 9.17) is 0 Å². The molecule has 2 amide bonds. The molecule has 3 fully saturated rings.